The molecule has 0 saturated heterocycles. The fourth-order valence-corrected chi connectivity index (χ4v) is 3.57. The fraction of sp³-hybridized carbons (Fsp3) is 0.400. The van der Waals surface area contributed by atoms with Crippen molar-refractivity contribution in [2.75, 3.05) is 0 Å². The maximum atomic E-state index is 5.59. The Labute approximate surface area is 95.5 Å². The van der Waals surface area contributed by atoms with Gasteiger partial charge in [-0.25, -0.2) is 0 Å². The summed E-state index contributed by atoms with van der Waals surface area (Å²) in [6, 6.07) is 6.33. The summed E-state index contributed by atoms with van der Waals surface area (Å²) in [4.78, 5) is 0. The zero-order chi connectivity index (χ0) is 9.84. The first-order valence-corrected chi connectivity index (χ1v) is 9.06. The van der Waals surface area contributed by atoms with E-state index in [-0.39, 0.29) is 24.3 Å². The van der Waals surface area contributed by atoms with Gasteiger partial charge in [0.25, 0.3) is 0 Å². The van der Waals surface area contributed by atoms with Gasteiger partial charge in [-0.2, -0.15) is 0 Å². The van der Waals surface area contributed by atoms with Gasteiger partial charge in [-0.1, -0.05) is 11.6 Å². The molecule has 1 aromatic rings. The molecule has 0 heterocycles. The predicted molar refractivity (Wildman–Crippen MR) is 61.3 cm³/mol. The Bertz CT molecular complexity index is 286. The van der Waals surface area contributed by atoms with Crippen LogP contribution >= 0.6 is 12.9 Å². The Hall–Kier alpha value is 0.266. The lowest BCUT2D eigenvalue weighted by Crippen LogP contribution is -2.13. The minimum atomic E-state index is -0.224. The standard InChI is InChI=1S/C10H13O.BrH.Mg/c1-8(2)11-10-6-4-5-9(3)7-10;;/h4,6-8H,1-3H3;1H;/q;;+1/p-1. The van der Waals surface area contributed by atoms with Crippen LogP contribution in [0.4, 0.5) is 0 Å². The molecule has 0 atom stereocenters. The van der Waals surface area contributed by atoms with Crippen molar-refractivity contribution in [1.29, 1.82) is 0 Å². The molecule has 3 heteroatoms. The number of hydrogen-bond donors (Lipinski definition) is 0. The molecule has 0 aliphatic carbocycles. The summed E-state index contributed by atoms with van der Waals surface area (Å²) in [6.45, 7) is 6.22. The lowest BCUT2D eigenvalue weighted by Gasteiger charge is -2.11. The molecule has 0 unspecified atom stereocenters. The van der Waals surface area contributed by atoms with Crippen molar-refractivity contribution in [1.82, 2.24) is 0 Å². The van der Waals surface area contributed by atoms with E-state index in [1.54, 1.807) is 0 Å². The molecule has 0 aliphatic rings. The first-order valence-electron chi connectivity index (χ1n) is 4.45. The Morgan fingerprint density at radius 3 is 2.54 bits per heavy atom. The van der Waals surface area contributed by atoms with Gasteiger partial charge >= 0.3 is 18.2 Å². The molecule has 68 valence electrons. The van der Waals surface area contributed by atoms with Crippen molar-refractivity contribution in [3.63, 3.8) is 0 Å². The van der Waals surface area contributed by atoms with E-state index in [9.17, 15) is 0 Å². The molecule has 0 aromatic heterocycles. The Morgan fingerprint density at radius 2 is 2.08 bits per heavy atom. The van der Waals surface area contributed by atoms with Crippen LogP contribution in [0.15, 0.2) is 18.2 Å². The van der Waals surface area contributed by atoms with E-state index in [4.69, 9.17) is 4.74 Å². The van der Waals surface area contributed by atoms with Crippen molar-refractivity contribution in [2.45, 2.75) is 26.9 Å². The largest absolute Gasteiger partial charge is 0.507 e. The molecular weight excluding hydrogens is 240 g/mol. The van der Waals surface area contributed by atoms with Crippen LogP contribution in [-0.2, 0) is 0 Å². The summed E-state index contributed by atoms with van der Waals surface area (Å²) in [5, 5.41) is 0. The average Bonchev–Trinajstić information content (AvgIpc) is 2.03. The van der Waals surface area contributed by atoms with E-state index in [1.807, 2.05) is 13.8 Å². The van der Waals surface area contributed by atoms with Crippen LogP contribution in [0.2, 0.25) is 0 Å². The monoisotopic (exact) mass is 252 g/mol. The van der Waals surface area contributed by atoms with Crippen molar-refractivity contribution in [3.05, 3.63) is 23.8 Å². The topological polar surface area (TPSA) is 9.23 Å². The molecule has 0 N–H and O–H groups in total. The van der Waals surface area contributed by atoms with Crippen molar-refractivity contribution in [2.24, 2.45) is 0 Å². The minimum absolute atomic E-state index is 0.224. The van der Waals surface area contributed by atoms with Gasteiger partial charge in [-0.05, 0) is 32.9 Å². The Morgan fingerprint density at radius 1 is 1.38 bits per heavy atom. The van der Waals surface area contributed by atoms with Crippen molar-refractivity contribution < 1.29 is 4.74 Å². The summed E-state index contributed by atoms with van der Waals surface area (Å²) < 4.78 is 7.05. The van der Waals surface area contributed by atoms with Crippen LogP contribution in [0.25, 0.3) is 0 Å². The second kappa shape index (κ2) is 5.22. The maximum absolute atomic E-state index is 5.59. The number of rotatable bonds is 3. The fourth-order valence-electron chi connectivity index (χ4n) is 1.16. The summed E-state index contributed by atoms with van der Waals surface area (Å²) in [7, 11) is 0. The number of hydrogen-bond acceptors (Lipinski definition) is 1. The average molecular weight is 253 g/mol. The lowest BCUT2D eigenvalue weighted by atomic mass is 10.2. The van der Waals surface area contributed by atoms with E-state index in [0.29, 0.717) is 0 Å². The van der Waals surface area contributed by atoms with Gasteiger partial charge in [0.15, 0.2) is 0 Å². The first kappa shape index (κ1) is 11.3. The van der Waals surface area contributed by atoms with E-state index in [0.717, 1.165) is 5.75 Å². The molecule has 0 radical (unpaired) electrons. The number of benzene rings is 1. The van der Waals surface area contributed by atoms with Gasteiger partial charge in [0.05, 0.1) is 6.10 Å². The number of halogens is 1. The second-order valence-electron chi connectivity index (χ2n) is 3.39. The van der Waals surface area contributed by atoms with Gasteiger partial charge in [-0.15, -0.1) is 3.69 Å². The summed E-state index contributed by atoms with van der Waals surface area (Å²) in [5.41, 5.74) is 1.33. The van der Waals surface area contributed by atoms with E-state index < -0.39 is 0 Å². The third-order valence-electron chi connectivity index (χ3n) is 1.83. The molecule has 0 fully saturated rings. The van der Waals surface area contributed by atoms with Crippen molar-refractivity contribution >= 4 is 34.8 Å². The molecule has 1 aromatic carbocycles. The number of ether oxygens (including phenoxy) is 1. The van der Waals surface area contributed by atoms with Crippen LogP contribution in [0.5, 0.6) is 5.75 Å². The van der Waals surface area contributed by atoms with E-state index in [1.165, 1.54) is 9.26 Å². The molecule has 0 amide bonds. The smallest absolute Gasteiger partial charge is 0.491 e. The quantitative estimate of drug-likeness (QED) is 0.752. The third-order valence-corrected chi connectivity index (χ3v) is 4.72. The van der Waals surface area contributed by atoms with E-state index >= 15 is 0 Å². The van der Waals surface area contributed by atoms with Gasteiger partial charge in [0.2, 0.25) is 0 Å². The molecule has 0 aliphatic heterocycles. The summed E-state index contributed by atoms with van der Waals surface area (Å²) >= 11 is 3.36. The highest BCUT2D eigenvalue weighted by Gasteiger charge is 2.02. The zero-order valence-electron chi connectivity index (χ0n) is 8.30. The van der Waals surface area contributed by atoms with Crippen LogP contribution in [0.1, 0.15) is 19.4 Å². The van der Waals surface area contributed by atoms with Crippen LogP contribution in [0, 0.1) is 6.92 Å². The van der Waals surface area contributed by atoms with Gasteiger partial charge < -0.3 is 4.74 Å². The van der Waals surface area contributed by atoms with Gasteiger partial charge in [-0.3, -0.25) is 12.9 Å². The Balaban J connectivity index is 2.83. The SMILES string of the molecule is Cc1cc(OC(C)C)cc[c]1[Mg][Br]. The molecule has 1 rings (SSSR count). The summed E-state index contributed by atoms with van der Waals surface area (Å²) in [5.74, 6) is 0.978. The summed E-state index contributed by atoms with van der Waals surface area (Å²) in [6.07, 6.45) is 0.256. The number of aryl methyl sites for hydroxylation is 1. The molecule has 13 heavy (non-hydrogen) atoms. The van der Waals surface area contributed by atoms with Crippen molar-refractivity contribution in [3.8, 4) is 5.75 Å². The van der Waals surface area contributed by atoms with Crippen LogP contribution in [-0.4, -0.2) is 24.3 Å². The highest BCUT2D eigenvalue weighted by Crippen LogP contribution is 2.12. The maximum Gasteiger partial charge on any atom is 0.507 e. The molecule has 1 nitrogen and oxygen atoms in total. The van der Waals surface area contributed by atoms with Gasteiger partial charge in [0, 0.05) is 0 Å². The second-order valence-corrected chi connectivity index (χ2v) is 6.10. The molecular formula is C10H13BrMgO. The predicted octanol–water partition coefficient (Wildman–Crippen LogP) is 2.42. The third kappa shape index (κ3) is 3.48. The van der Waals surface area contributed by atoms with E-state index in [2.05, 4.69) is 38.0 Å². The highest BCUT2D eigenvalue weighted by atomic mass is 79.9. The minimum Gasteiger partial charge on any atom is -0.491 e. The highest BCUT2D eigenvalue weighted by molar-refractivity contribution is 9.23. The lowest BCUT2D eigenvalue weighted by molar-refractivity contribution is 0.242. The Kier molecular flexibility index (Phi) is 4.56. The zero-order valence-corrected chi connectivity index (χ0v) is 11.3. The van der Waals surface area contributed by atoms with Crippen LogP contribution in [0.3, 0.4) is 0 Å². The molecule has 0 spiro atoms. The van der Waals surface area contributed by atoms with Gasteiger partial charge in [0.1, 0.15) is 5.75 Å². The molecule has 0 bridgehead atoms. The van der Waals surface area contributed by atoms with Crippen LogP contribution < -0.4 is 8.43 Å². The normalized spacial score (nSPS) is 9.92. The first-order chi connectivity index (χ1) is 6.13. The molecule has 0 saturated carbocycles.